The minimum Gasteiger partial charge on any atom is -0.464 e. The molecule has 0 radical (unpaired) electrons. The third-order valence-electron chi connectivity index (χ3n) is 3.60. The van der Waals surface area contributed by atoms with Crippen LogP contribution in [0.25, 0.3) is 0 Å². The number of carbonyl (C=O) groups excluding carboxylic acids is 1. The molecule has 1 aromatic heterocycles. The van der Waals surface area contributed by atoms with Crippen LogP contribution in [0.4, 0.5) is 4.79 Å². The molecule has 1 aliphatic rings. The third kappa shape index (κ3) is 4.22. The van der Waals surface area contributed by atoms with Crippen LogP contribution < -0.4 is 5.32 Å². The Bertz CT molecular complexity index is 460. The van der Waals surface area contributed by atoms with E-state index in [1.54, 1.807) is 12.0 Å². The Morgan fingerprint density at radius 3 is 3.05 bits per heavy atom. The smallest absolute Gasteiger partial charge is 0.318 e. The normalized spacial score (nSPS) is 20.3. The fraction of sp³-hybridized carbons (Fsp3) is 0.667. The minimum absolute atomic E-state index is 0.0688. The summed E-state index contributed by atoms with van der Waals surface area (Å²) in [5, 5.41) is 3.00. The first kappa shape index (κ1) is 15.9. The van der Waals surface area contributed by atoms with Crippen molar-refractivity contribution < 1.29 is 18.7 Å². The lowest BCUT2D eigenvalue weighted by Crippen LogP contribution is -2.50. The predicted octanol–water partition coefficient (Wildman–Crippen LogP) is 2.10. The van der Waals surface area contributed by atoms with E-state index in [9.17, 15) is 4.79 Å². The van der Waals surface area contributed by atoms with Crippen molar-refractivity contribution in [2.75, 3.05) is 33.5 Å². The molecule has 0 saturated carbocycles. The van der Waals surface area contributed by atoms with E-state index in [1.807, 2.05) is 26.0 Å². The monoisotopic (exact) mass is 296 g/mol. The van der Waals surface area contributed by atoms with Gasteiger partial charge in [0.15, 0.2) is 0 Å². The number of carbonyl (C=O) groups is 1. The molecule has 6 nitrogen and oxygen atoms in total. The van der Waals surface area contributed by atoms with Crippen molar-refractivity contribution in [3.8, 4) is 0 Å². The Kier molecular flexibility index (Phi) is 5.64. The van der Waals surface area contributed by atoms with Gasteiger partial charge in [-0.2, -0.15) is 0 Å². The highest BCUT2D eigenvalue weighted by Gasteiger charge is 2.31. The van der Waals surface area contributed by atoms with Gasteiger partial charge in [0.2, 0.25) is 0 Å². The van der Waals surface area contributed by atoms with Crippen molar-refractivity contribution in [2.45, 2.75) is 32.4 Å². The van der Waals surface area contributed by atoms with Crippen LogP contribution in [0.2, 0.25) is 0 Å². The van der Waals surface area contributed by atoms with Crippen LogP contribution in [0.5, 0.6) is 0 Å². The number of aryl methyl sites for hydroxylation is 1. The van der Waals surface area contributed by atoms with Gasteiger partial charge in [0, 0.05) is 26.3 Å². The number of nitrogens with zero attached hydrogens (tertiary/aromatic N) is 1. The second-order valence-corrected chi connectivity index (χ2v) is 5.36. The quantitative estimate of drug-likeness (QED) is 0.903. The van der Waals surface area contributed by atoms with Gasteiger partial charge in [-0.25, -0.2) is 4.79 Å². The van der Waals surface area contributed by atoms with Crippen LogP contribution in [0.3, 0.4) is 0 Å². The van der Waals surface area contributed by atoms with Gasteiger partial charge >= 0.3 is 6.03 Å². The van der Waals surface area contributed by atoms with Crippen molar-refractivity contribution in [1.82, 2.24) is 10.2 Å². The summed E-state index contributed by atoms with van der Waals surface area (Å²) in [5.41, 5.74) is 0. The maximum atomic E-state index is 12.4. The zero-order valence-corrected chi connectivity index (χ0v) is 12.9. The maximum Gasteiger partial charge on any atom is 0.318 e. The Morgan fingerprint density at radius 2 is 2.38 bits per heavy atom. The van der Waals surface area contributed by atoms with E-state index in [1.165, 1.54) is 0 Å². The Morgan fingerprint density at radius 1 is 1.57 bits per heavy atom. The van der Waals surface area contributed by atoms with Crippen molar-refractivity contribution in [1.29, 1.82) is 0 Å². The fourth-order valence-electron chi connectivity index (χ4n) is 2.38. The number of ether oxygens (including phenoxy) is 2. The lowest BCUT2D eigenvalue weighted by molar-refractivity contribution is 0.00341. The largest absolute Gasteiger partial charge is 0.464 e. The van der Waals surface area contributed by atoms with Crippen molar-refractivity contribution in [3.63, 3.8) is 0 Å². The molecule has 0 aliphatic carbocycles. The lowest BCUT2D eigenvalue weighted by atomic mass is 10.2. The zero-order valence-electron chi connectivity index (χ0n) is 12.9. The number of amides is 2. The molecular formula is C15H24N2O4. The summed E-state index contributed by atoms with van der Waals surface area (Å²) >= 11 is 0. The van der Waals surface area contributed by atoms with Crippen LogP contribution in [0.1, 0.15) is 30.9 Å². The van der Waals surface area contributed by atoms with E-state index in [0.717, 1.165) is 17.9 Å². The van der Waals surface area contributed by atoms with E-state index < -0.39 is 0 Å². The second kappa shape index (κ2) is 7.47. The van der Waals surface area contributed by atoms with Crippen molar-refractivity contribution in [3.05, 3.63) is 23.7 Å². The van der Waals surface area contributed by atoms with Gasteiger partial charge in [-0.3, -0.25) is 0 Å². The van der Waals surface area contributed by atoms with Crippen LogP contribution in [-0.4, -0.2) is 50.4 Å². The first-order chi connectivity index (χ1) is 10.1. The molecule has 6 heteroatoms. The second-order valence-electron chi connectivity index (χ2n) is 5.36. The maximum absolute atomic E-state index is 12.4. The summed E-state index contributed by atoms with van der Waals surface area (Å²) in [6, 6.07) is 3.63. The van der Waals surface area contributed by atoms with Gasteiger partial charge in [0.1, 0.15) is 17.6 Å². The van der Waals surface area contributed by atoms with Gasteiger partial charge < -0.3 is 24.1 Å². The number of morpholine rings is 1. The molecule has 21 heavy (non-hydrogen) atoms. The number of methoxy groups -OCH3 is 1. The fourth-order valence-corrected chi connectivity index (χ4v) is 2.38. The Balaban J connectivity index is 1.99. The lowest BCUT2D eigenvalue weighted by Gasteiger charge is -2.35. The molecule has 0 bridgehead atoms. The van der Waals surface area contributed by atoms with E-state index >= 15 is 0 Å². The van der Waals surface area contributed by atoms with E-state index in [-0.39, 0.29) is 18.1 Å². The molecule has 1 fully saturated rings. The molecule has 2 atom stereocenters. The highest BCUT2D eigenvalue weighted by Crippen LogP contribution is 2.25. The number of hydrogen-bond acceptors (Lipinski definition) is 4. The van der Waals surface area contributed by atoms with Gasteiger partial charge in [-0.15, -0.1) is 0 Å². The van der Waals surface area contributed by atoms with Gasteiger partial charge in [0.05, 0.1) is 13.2 Å². The average molecular weight is 296 g/mol. The van der Waals surface area contributed by atoms with E-state index in [4.69, 9.17) is 13.9 Å². The molecule has 1 aliphatic heterocycles. The topological polar surface area (TPSA) is 63.9 Å². The highest BCUT2D eigenvalue weighted by molar-refractivity contribution is 5.75. The first-order valence-corrected chi connectivity index (χ1v) is 7.32. The molecular weight excluding hydrogens is 272 g/mol. The van der Waals surface area contributed by atoms with Crippen LogP contribution >= 0.6 is 0 Å². The zero-order chi connectivity index (χ0) is 15.2. The molecule has 0 unspecified atom stereocenters. The molecule has 1 aromatic rings. The summed E-state index contributed by atoms with van der Waals surface area (Å²) in [6.07, 6.45) is 0.789. The van der Waals surface area contributed by atoms with E-state index in [0.29, 0.717) is 26.4 Å². The van der Waals surface area contributed by atoms with Gasteiger partial charge in [0.25, 0.3) is 0 Å². The predicted molar refractivity (Wildman–Crippen MR) is 78.2 cm³/mol. The molecule has 1 saturated heterocycles. The van der Waals surface area contributed by atoms with Gasteiger partial charge in [-0.1, -0.05) is 0 Å². The standard InChI is InChI=1S/C15H24N2O4/c1-11(6-8-19-3)16-15(18)17-7-9-20-10-13(17)14-5-4-12(2)21-14/h4-5,11,13H,6-10H2,1-3H3,(H,16,18)/t11-,13+/m0/s1. The van der Waals surface area contributed by atoms with Gasteiger partial charge in [-0.05, 0) is 32.4 Å². The summed E-state index contributed by atoms with van der Waals surface area (Å²) in [7, 11) is 1.66. The summed E-state index contributed by atoms with van der Waals surface area (Å²) < 4.78 is 16.2. The van der Waals surface area contributed by atoms with Crippen LogP contribution in [-0.2, 0) is 9.47 Å². The van der Waals surface area contributed by atoms with Crippen LogP contribution in [0, 0.1) is 6.92 Å². The summed E-state index contributed by atoms with van der Waals surface area (Å²) in [6.45, 7) is 6.08. The molecule has 2 amide bonds. The van der Waals surface area contributed by atoms with Crippen LogP contribution in [0.15, 0.2) is 16.5 Å². The van der Waals surface area contributed by atoms with Crippen molar-refractivity contribution >= 4 is 6.03 Å². The SMILES string of the molecule is COCC[C@H](C)NC(=O)N1CCOC[C@@H]1c1ccc(C)o1. The van der Waals surface area contributed by atoms with E-state index in [2.05, 4.69) is 5.32 Å². The molecule has 2 rings (SSSR count). The molecule has 0 spiro atoms. The Hall–Kier alpha value is -1.53. The number of hydrogen-bond donors (Lipinski definition) is 1. The third-order valence-corrected chi connectivity index (χ3v) is 3.60. The van der Waals surface area contributed by atoms with Crippen molar-refractivity contribution in [2.24, 2.45) is 0 Å². The molecule has 118 valence electrons. The number of urea groups is 1. The molecule has 1 N–H and O–H groups in total. The average Bonchev–Trinajstić information content (AvgIpc) is 2.91. The molecule has 0 aromatic carbocycles. The number of nitrogens with one attached hydrogen (secondary N) is 1. The Labute approximate surface area is 125 Å². The highest BCUT2D eigenvalue weighted by atomic mass is 16.5. The summed E-state index contributed by atoms with van der Waals surface area (Å²) in [4.78, 5) is 14.2. The molecule has 2 heterocycles. The minimum atomic E-state index is -0.165. The first-order valence-electron chi connectivity index (χ1n) is 7.32. The number of furan rings is 1. The summed E-state index contributed by atoms with van der Waals surface area (Å²) in [5.74, 6) is 1.61. The number of rotatable bonds is 5.